The number of carboxylic acid groups (broad SMARTS) is 1. The van der Waals surface area contributed by atoms with Gasteiger partial charge in [-0.25, -0.2) is 9.78 Å². The molecule has 202 valence electrons. The van der Waals surface area contributed by atoms with Crippen LogP contribution in [-0.2, 0) is 11.2 Å². The molecule has 8 nitrogen and oxygen atoms in total. The molecule has 2 aromatic heterocycles. The maximum Gasteiger partial charge on any atom is 0.335 e. The Morgan fingerprint density at radius 2 is 1.82 bits per heavy atom. The van der Waals surface area contributed by atoms with E-state index in [1.54, 1.807) is 37.3 Å². The Morgan fingerprint density at radius 1 is 1.10 bits per heavy atom. The van der Waals surface area contributed by atoms with Crippen molar-refractivity contribution in [3.63, 3.8) is 0 Å². The van der Waals surface area contributed by atoms with Crippen LogP contribution in [0.25, 0.3) is 22.5 Å². The number of pyridine rings is 1. The lowest BCUT2D eigenvalue weighted by Gasteiger charge is -2.20. The molecule has 1 unspecified atom stereocenters. The lowest BCUT2D eigenvalue weighted by Crippen LogP contribution is -2.30. The molecule has 2 heterocycles. The normalized spacial score (nSPS) is 11.9. The molecule has 0 saturated heterocycles. The largest absolute Gasteiger partial charge is 0.495 e. The molecular weight excluding hydrogens is 534 g/mol. The van der Waals surface area contributed by atoms with Crippen LogP contribution in [-0.4, -0.2) is 33.5 Å². The zero-order chi connectivity index (χ0) is 28.3. The van der Waals surface area contributed by atoms with Crippen LogP contribution in [0, 0.1) is 0 Å². The van der Waals surface area contributed by atoms with Crippen molar-refractivity contribution in [2.24, 2.45) is 0 Å². The quantitative estimate of drug-likeness (QED) is 0.246. The van der Waals surface area contributed by atoms with Crippen molar-refractivity contribution in [2.75, 3.05) is 7.11 Å². The number of aromatic carboxylic acids is 1. The van der Waals surface area contributed by atoms with Gasteiger partial charge in [-0.3, -0.25) is 9.59 Å². The molecule has 0 fully saturated rings. The van der Waals surface area contributed by atoms with Gasteiger partial charge in [0.2, 0.25) is 0 Å². The highest BCUT2D eigenvalue weighted by Crippen LogP contribution is 2.39. The molecule has 0 amide bonds. The summed E-state index contributed by atoms with van der Waals surface area (Å²) in [6, 6.07) is 11.1. The first kappa shape index (κ1) is 27.7. The van der Waals surface area contributed by atoms with E-state index >= 15 is 0 Å². The summed E-state index contributed by atoms with van der Waals surface area (Å²) in [6.07, 6.45) is -0.00751. The van der Waals surface area contributed by atoms with Crippen LogP contribution < -0.4 is 10.3 Å². The lowest BCUT2D eigenvalue weighted by molar-refractivity contribution is -0.121. The van der Waals surface area contributed by atoms with Crippen LogP contribution in [0.1, 0.15) is 47.6 Å². The van der Waals surface area contributed by atoms with Gasteiger partial charge in [0.05, 0.1) is 31.1 Å². The van der Waals surface area contributed by atoms with Crippen LogP contribution in [0.15, 0.2) is 70.1 Å². The number of oxazole rings is 1. The van der Waals surface area contributed by atoms with Gasteiger partial charge in [-0.05, 0) is 47.9 Å². The molecule has 0 saturated carbocycles. The third-order valence-electron chi connectivity index (χ3n) is 6.18. The zero-order valence-electron chi connectivity index (χ0n) is 20.9. The Hall–Kier alpha value is -4.31. The first-order chi connectivity index (χ1) is 18.6. The summed E-state index contributed by atoms with van der Waals surface area (Å²) in [5.41, 5.74) is 1.28. The van der Waals surface area contributed by atoms with Gasteiger partial charge in [-0.2, -0.15) is 8.78 Å². The van der Waals surface area contributed by atoms with Gasteiger partial charge in [0.25, 0.3) is 11.4 Å². The Bertz CT molecular complexity index is 1580. The van der Waals surface area contributed by atoms with Crippen LogP contribution in [0.2, 0.25) is 5.02 Å². The van der Waals surface area contributed by atoms with E-state index in [9.17, 15) is 23.2 Å². The molecule has 0 bridgehead atoms. The van der Waals surface area contributed by atoms with Crippen LogP contribution in [0.4, 0.5) is 8.78 Å². The van der Waals surface area contributed by atoms with E-state index < -0.39 is 29.9 Å². The van der Waals surface area contributed by atoms with Gasteiger partial charge in [-0.15, -0.1) is 0 Å². The second kappa shape index (κ2) is 11.6. The number of benzene rings is 2. The van der Waals surface area contributed by atoms with Gasteiger partial charge >= 0.3 is 12.4 Å². The molecule has 2 aromatic carbocycles. The molecule has 0 aliphatic rings. The fourth-order valence-electron chi connectivity index (χ4n) is 4.28. The standard InChI is InChI=1S/C28H23ClF2N2O6/c1-3-21(22(34)10-15-4-6-16(7-5-15)28(36)37)33-14-24(38-2)20(12-25(33)35)19-11-17(29)8-9-18(19)23-13-32-27(39-23)26(30)31/h4-9,11-14,21,26H,3,10H2,1-2H3,(H,36,37). The summed E-state index contributed by atoms with van der Waals surface area (Å²) >= 11 is 6.23. The first-order valence-corrected chi connectivity index (χ1v) is 12.2. The van der Waals surface area contributed by atoms with Crippen molar-refractivity contribution in [3.05, 3.63) is 93.3 Å². The van der Waals surface area contributed by atoms with E-state index in [2.05, 4.69) is 4.98 Å². The summed E-state index contributed by atoms with van der Waals surface area (Å²) in [4.78, 5) is 41.2. The summed E-state index contributed by atoms with van der Waals surface area (Å²) < 4.78 is 38.2. The summed E-state index contributed by atoms with van der Waals surface area (Å²) in [6.45, 7) is 1.77. The number of carboxylic acids is 1. The van der Waals surface area contributed by atoms with Gasteiger partial charge in [0.15, 0.2) is 11.5 Å². The summed E-state index contributed by atoms with van der Waals surface area (Å²) in [5.74, 6) is -1.77. The lowest BCUT2D eigenvalue weighted by atomic mass is 9.97. The van der Waals surface area contributed by atoms with Crippen LogP contribution in [0.3, 0.4) is 0 Å². The van der Waals surface area contributed by atoms with Crippen LogP contribution in [0.5, 0.6) is 5.75 Å². The number of Topliss-reactive ketones (excluding diaryl/α,β-unsaturated/α-hetero) is 1. The minimum absolute atomic E-state index is 0.00861. The number of halogens is 3. The first-order valence-electron chi connectivity index (χ1n) is 11.8. The number of methoxy groups -OCH3 is 1. The minimum Gasteiger partial charge on any atom is -0.495 e. The number of carbonyl (C=O) groups is 2. The molecule has 11 heteroatoms. The molecular formula is C28H23ClF2N2O6. The maximum absolute atomic E-state index is 13.3. The minimum atomic E-state index is -2.90. The topological polar surface area (TPSA) is 112 Å². The van der Waals surface area contributed by atoms with Gasteiger partial charge in [-0.1, -0.05) is 30.7 Å². The highest BCUT2D eigenvalue weighted by atomic mass is 35.5. The van der Waals surface area contributed by atoms with Crippen molar-refractivity contribution in [1.29, 1.82) is 0 Å². The molecule has 0 aliphatic heterocycles. The third kappa shape index (κ3) is 5.91. The van der Waals surface area contributed by atoms with Gasteiger partial charge in [0.1, 0.15) is 5.75 Å². The third-order valence-corrected chi connectivity index (χ3v) is 6.42. The number of ether oxygens (including phenoxy) is 1. The fraction of sp³-hybridized carbons (Fsp3) is 0.214. The number of nitrogens with zero attached hydrogens (tertiary/aromatic N) is 2. The van der Waals surface area contributed by atoms with Gasteiger partial charge in [0, 0.05) is 28.6 Å². The van der Waals surface area contributed by atoms with Crippen molar-refractivity contribution in [2.45, 2.75) is 32.2 Å². The van der Waals surface area contributed by atoms with E-state index in [0.29, 0.717) is 33.7 Å². The van der Waals surface area contributed by atoms with E-state index in [1.807, 2.05) is 0 Å². The number of ketones is 1. The highest BCUT2D eigenvalue weighted by Gasteiger charge is 2.24. The second-order valence-corrected chi connectivity index (χ2v) is 9.06. The molecule has 4 rings (SSSR count). The van der Waals surface area contributed by atoms with Crippen molar-refractivity contribution in [1.82, 2.24) is 9.55 Å². The summed E-state index contributed by atoms with van der Waals surface area (Å²) in [5, 5.41) is 9.40. The Kier molecular flexibility index (Phi) is 8.25. The average Bonchev–Trinajstić information content (AvgIpc) is 3.40. The summed E-state index contributed by atoms with van der Waals surface area (Å²) in [7, 11) is 1.40. The number of hydrogen-bond donors (Lipinski definition) is 1. The monoisotopic (exact) mass is 556 g/mol. The maximum atomic E-state index is 13.3. The number of aromatic nitrogens is 2. The molecule has 1 N–H and O–H groups in total. The van der Waals surface area contributed by atoms with E-state index in [-0.39, 0.29) is 29.3 Å². The molecule has 1 atom stereocenters. The zero-order valence-corrected chi connectivity index (χ0v) is 21.6. The van der Waals surface area contributed by atoms with E-state index in [1.165, 1.54) is 36.1 Å². The van der Waals surface area contributed by atoms with Crippen molar-refractivity contribution >= 4 is 23.4 Å². The number of carbonyl (C=O) groups excluding carboxylic acids is 1. The fourth-order valence-corrected chi connectivity index (χ4v) is 4.45. The Morgan fingerprint density at radius 3 is 2.41 bits per heavy atom. The molecule has 4 aromatic rings. The van der Waals surface area contributed by atoms with E-state index in [0.717, 1.165) is 6.20 Å². The number of alkyl halides is 2. The Balaban J connectivity index is 1.73. The predicted molar refractivity (Wildman–Crippen MR) is 140 cm³/mol. The average molecular weight is 557 g/mol. The van der Waals surface area contributed by atoms with Crippen molar-refractivity contribution < 1.29 is 32.6 Å². The molecule has 0 spiro atoms. The number of hydrogen-bond acceptors (Lipinski definition) is 6. The molecule has 0 radical (unpaired) electrons. The second-order valence-electron chi connectivity index (χ2n) is 8.62. The highest BCUT2D eigenvalue weighted by molar-refractivity contribution is 6.31. The van der Waals surface area contributed by atoms with E-state index in [4.69, 9.17) is 25.9 Å². The van der Waals surface area contributed by atoms with Gasteiger partial charge < -0.3 is 18.8 Å². The number of rotatable bonds is 10. The smallest absolute Gasteiger partial charge is 0.335 e. The van der Waals surface area contributed by atoms with Crippen molar-refractivity contribution in [3.8, 4) is 28.2 Å². The Labute approximate surface area is 226 Å². The van der Waals surface area contributed by atoms with Crippen LogP contribution >= 0.6 is 11.6 Å². The molecule has 0 aliphatic carbocycles. The molecule has 39 heavy (non-hydrogen) atoms. The predicted octanol–water partition coefficient (Wildman–Crippen LogP) is 6.23. The SMILES string of the molecule is CCC(C(=O)Cc1ccc(C(=O)O)cc1)n1cc(OC)c(-c2cc(Cl)ccc2-c2cnc(C(F)F)o2)cc1=O.